The van der Waals surface area contributed by atoms with Crippen LogP contribution in [0, 0.1) is 5.92 Å². The minimum atomic E-state index is 0.0800. The summed E-state index contributed by atoms with van der Waals surface area (Å²) in [4.78, 5) is 15.0. The van der Waals surface area contributed by atoms with Gasteiger partial charge in [0.1, 0.15) is 0 Å². The molecule has 3 nitrogen and oxygen atoms in total. The van der Waals surface area contributed by atoms with Gasteiger partial charge in [-0.3, -0.25) is 4.79 Å². The molecule has 88 valence electrons. The quantitative estimate of drug-likeness (QED) is 0.852. The summed E-state index contributed by atoms with van der Waals surface area (Å²) in [6.07, 6.45) is 1.05. The fourth-order valence-electron chi connectivity index (χ4n) is 2.22. The number of hydrogen-bond donors (Lipinski definition) is 1. The minimum absolute atomic E-state index is 0.0800. The van der Waals surface area contributed by atoms with Crippen LogP contribution in [0.3, 0.4) is 0 Å². The Bertz CT molecular complexity index is 350. The van der Waals surface area contributed by atoms with Gasteiger partial charge in [0, 0.05) is 12.6 Å². The average Bonchev–Trinajstić information content (AvgIpc) is 2.75. The van der Waals surface area contributed by atoms with E-state index in [1.54, 1.807) is 0 Å². The number of carbonyl (C=O) groups excluding carboxylic acids is 1. The predicted molar refractivity (Wildman–Crippen MR) is 66.9 cm³/mol. The second-order valence-corrected chi connectivity index (χ2v) is 5.53. The first-order valence-electron chi connectivity index (χ1n) is 5.69. The molecule has 2 atom stereocenters. The highest BCUT2D eigenvalue weighted by atomic mass is 32.1. The molecule has 1 fully saturated rings. The Balaban J connectivity index is 1.92. The van der Waals surface area contributed by atoms with Gasteiger partial charge in [-0.25, -0.2) is 0 Å². The predicted octanol–water partition coefficient (Wildman–Crippen LogP) is 1.82. The standard InChI is InChI=1S/C12H18N2OS/c1-9-8-14(2)6-5-10(9)13-12(15)11-4-3-7-16-11/h3-4,7,9-10H,5-6,8H2,1-2H3,(H,13,15). The zero-order chi connectivity index (χ0) is 11.5. The zero-order valence-corrected chi connectivity index (χ0v) is 10.6. The van der Waals surface area contributed by atoms with E-state index >= 15 is 0 Å². The molecule has 16 heavy (non-hydrogen) atoms. The van der Waals surface area contributed by atoms with Gasteiger partial charge in [0.05, 0.1) is 4.88 Å². The van der Waals surface area contributed by atoms with Gasteiger partial charge in [0.2, 0.25) is 0 Å². The topological polar surface area (TPSA) is 32.3 Å². The lowest BCUT2D eigenvalue weighted by atomic mass is 9.94. The van der Waals surface area contributed by atoms with Gasteiger partial charge in [0.15, 0.2) is 0 Å². The number of nitrogens with one attached hydrogen (secondary N) is 1. The number of hydrogen-bond acceptors (Lipinski definition) is 3. The molecular weight excluding hydrogens is 220 g/mol. The molecule has 1 amide bonds. The van der Waals surface area contributed by atoms with Gasteiger partial charge < -0.3 is 10.2 Å². The summed E-state index contributed by atoms with van der Waals surface area (Å²) in [6, 6.07) is 4.11. The molecule has 1 N–H and O–H groups in total. The van der Waals surface area contributed by atoms with Crippen molar-refractivity contribution in [1.29, 1.82) is 0 Å². The summed E-state index contributed by atoms with van der Waals surface area (Å²) in [7, 11) is 2.13. The highest BCUT2D eigenvalue weighted by Gasteiger charge is 2.25. The van der Waals surface area contributed by atoms with Gasteiger partial charge in [-0.05, 0) is 37.4 Å². The molecule has 2 unspecified atom stereocenters. The van der Waals surface area contributed by atoms with Crippen molar-refractivity contribution < 1.29 is 4.79 Å². The third-order valence-corrected chi connectivity index (χ3v) is 4.04. The highest BCUT2D eigenvalue weighted by Crippen LogP contribution is 2.17. The maximum Gasteiger partial charge on any atom is 0.261 e. The maximum atomic E-state index is 11.9. The molecule has 0 aliphatic carbocycles. The van der Waals surface area contributed by atoms with Crippen molar-refractivity contribution in [2.75, 3.05) is 20.1 Å². The maximum absolute atomic E-state index is 11.9. The third-order valence-electron chi connectivity index (χ3n) is 3.17. The van der Waals surface area contributed by atoms with Gasteiger partial charge in [0.25, 0.3) is 5.91 Å². The number of piperidine rings is 1. The molecule has 1 saturated heterocycles. The molecule has 2 heterocycles. The van der Waals surface area contributed by atoms with E-state index in [0.717, 1.165) is 24.4 Å². The van der Waals surface area contributed by atoms with Gasteiger partial charge in [-0.2, -0.15) is 0 Å². The lowest BCUT2D eigenvalue weighted by Crippen LogP contribution is -2.48. The lowest BCUT2D eigenvalue weighted by molar-refractivity contribution is 0.0888. The Morgan fingerprint density at radius 1 is 1.62 bits per heavy atom. The second-order valence-electron chi connectivity index (χ2n) is 4.59. The van der Waals surface area contributed by atoms with Crippen LogP contribution in [0.15, 0.2) is 17.5 Å². The van der Waals surface area contributed by atoms with Crippen molar-refractivity contribution in [2.45, 2.75) is 19.4 Å². The second kappa shape index (κ2) is 4.97. The van der Waals surface area contributed by atoms with E-state index in [1.807, 2.05) is 17.5 Å². The van der Waals surface area contributed by atoms with Crippen LogP contribution in [0.25, 0.3) is 0 Å². The fourth-order valence-corrected chi connectivity index (χ4v) is 2.84. The van der Waals surface area contributed by atoms with E-state index in [4.69, 9.17) is 0 Å². The average molecular weight is 238 g/mol. The molecule has 0 aromatic carbocycles. The molecule has 1 aromatic heterocycles. The van der Waals surface area contributed by atoms with Crippen LogP contribution in [0.5, 0.6) is 0 Å². The molecule has 0 saturated carbocycles. The molecule has 0 radical (unpaired) electrons. The van der Waals surface area contributed by atoms with Crippen molar-refractivity contribution in [3.63, 3.8) is 0 Å². The molecule has 4 heteroatoms. The largest absolute Gasteiger partial charge is 0.348 e. The lowest BCUT2D eigenvalue weighted by Gasteiger charge is -2.35. The Morgan fingerprint density at radius 3 is 3.06 bits per heavy atom. The smallest absolute Gasteiger partial charge is 0.261 e. The number of thiophene rings is 1. The first kappa shape index (κ1) is 11.6. The number of likely N-dealkylation sites (tertiary alicyclic amines) is 1. The van der Waals surface area contributed by atoms with E-state index in [-0.39, 0.29) is 5.91 Å². The Kier molecular flexibility index (Phi) is 3.61. The summed E-state index contributed by atoms with van der Waals surface area (Å²) in [5, 5.41) is 5.07. The number of nitrogens with zero attached hydrogens (tertiary/aromatic N) is 1. The number of rotatable bonds is 2. The first-order chi connectivity index (χ1) is 7.66. The SMILES string of the molecule is CC1CN(C)CCC1NC(=O)c1cccs1. The molecule has 0 spiro atoms. The van der Waals surface area contributed by atoms with Crippen molar-refractivity contribution in [3.8, 4) is 0 Å². The van der Waals surface area contributed by atoms with Crippen LogP contribution in [0.1, 0.15) is 23.0 Å². The summed E-state index contributed by atoms with van der Waals surface area (Å²) in [5.41, 5.74) is 0. The summed E-state index contributed by atoms with van der Waals surface area (Å²) < 4.78 is 0. The highest BCUT2D eigenvalue weighted by molar-refractivity contribution is 7.12. The van der Waals surface area contributed by atoms with E-state index in [0.29, 0.717) is 12.0 Å². The van der Waals surface area contributed by atoms with Gasteiger partial charge >= 0.3 is 0 Å². The summed E-state index contributed by atoms with van der Waals surface area (Å²) in [5.74, 6) is 0.610. The van der Waals surface area contributed by atoms with Crippen LogP contribution in [0.4, 0.5) is 0 Å². The molecule has 2 rings (SSSR count). The minimum Gasteiger partial charge on any atom is -0.348 e. The van der Waals surface area contributed by atoms with Crippen molar-refractivity contribution >= 4 is 17.2 Å². The first-order valence-corrected chi connectivity index (χ1v) is 6.57. The molecule has 1 aliphatic rings. The molecule has 0 bridgehead atoms. The van der Waals surface area contributed by atoms with Gasteiger partial charge in [-0.15, -0.1) is 11.3 Å². The van der Waals surface area contributed by atoms with Crippen LogP contribution in [-0.4, -0.2) is 37.0 Å². The molecular formula is C12H18N2OS. The Hall–Kier alpha value is -0.870. The molecule has 1 aromatic rings. The van der Waals surface area contributed by atoms with Crippen LogP contribution >= 0.6 is 11.3 Å². The summed E-state index contributed by atoms with van der Waals surface area (Å²) in [6.45, 7) is 4.34. The van der Waals surface area contributed by atoms with E-state index in [2.05, 4.69) is 24.2 Å². The molecule has 1 aliphatic heterocycles. The van der Waals surface area contributed by atoms with Crippen molar-refractivity contribution in [1.82, 2.24) is 10.2 Å². The van der Waals surface area contributed by atoms with Gasteiger partial charge in [-0.1, -0.05) is 13.0 Å². The Morgan fingerprint density at radius 2 is 2.44 bits per heavy atom. The van der Waals surface area contributed by atoms with Crippen LogP contribution in [-0.2, 0) is 0 Å². The van der Waals surface area contributed by atoms with Crippen LogP contribution < -0.4 is 5.32 Å². The fraction of sp³-hybridized carbons (Fsp3) is 0.583. The van der Waals surface area contributed by atoms with E-state index < -0.39 is 0 Å². The number of carbonyl (C=O) groups is 1. The summed E-state index contributed by atoms with van der Waals surface area (Å²) >= 11 is 1.50. The number of amides is 1. The van der Waals surface area contributed by atoms with Crippen molar-refractivity contribution in [3.05, 3.63) is 22.4 Å². The van der Waals surface area contributed by atoms with E-state index in [1.165, 1.54) is 11.3 Å². The zero-order valence-electron chi connectivity index (χ0n) is 9.77. The third kappa shape index (κ3) is 2.62. The Labute approximate surface area is 100 Å². The van der Waals surface area contributed by atoms with Crippen LogP contribution in [0.2, 0.25) is 0 Å². The van der Waals surface area contributed by atoms with E-state index in [9.17, 15) is 4.79 Å². The normalized spacial score (nSPS) is 26.6. The monoisotopic (exact) mass is 238 g/mol. The van der Waals surface area contributed by atoms with Crippen molar-refractivity contribution in [2.24, 2.45) is 5.92 Å².